The Hall–Kier alpha value is -3.15. The number of aryl methyl sites for hydroxylation is 1. The van der Waals surface area contributed by atoms with Crippen LogP contribution in [-0.4, -0.2) is 34.7 Å². The van der Waals surface area contributed by atoms with E-state index in [-0.39, 0.29) is 12.5 Å². The summed E-state index contributed by atoms with van der Waals surface area (Å²) in [7, 11) is 1.77. The molecule has 0 radical (unpaired) electrons. The highest BCUT2D eigenvalue weighted by molar-refractivity contribution is 5.77. The van der Waals surface area contributed by atoms with Crippen molar-refractivity contribution >= 4 is 5.91 Å². The minimum Gasteiger partial charge on any atom is -0.484 e. The van der Waals surface area contributed by atoms with Gasteiger partial charge in [-0.15, -0.1) is 10.2 Å². The lowest BCUT2D eigenvalue weighted by atomic mass is 10.1. The van der Waals surface area contributed by atoms with Gasteiger partial charge in [-0.2, -0.15) is 0 Å². The molecule has 3 rings (SSSR count). The molecule has 0 bridgehead atoms. The Morgan fingerprint density at radius 3 is 2.60 bits per heavy atom. The summed E-state index contributed by atoms with van der Waals surface area (Å²) >= 11 is 0. The molecule has 6 heteroatoms. The van der Waals surface area contributed by atoms with Crippen molar-refractivity contribution in [3.05, 3.63) is 66.1 Å². The van der Waals surface area contributed by atoms with Gasteiger partial charge in [0.1, 0.15) is 5.75 Å². The van der Waals surface area contributed by atoms with E-state index in [0.29, 0.717) is 18.2 Å². The van der Waals surface area contributed by atoms with Crippen LogP contribution in [0.4, 0.5) is 0 Å². The first kappa shape index (κ1) is 16.7. The van der Waals surface area contributed by atoms with Crippen LogP contribution >= 0.6 is 0 Å². The average molecular weight is 337 g/mol. The largest absolute Gasteiger partial charge is 0.484 e. The number of hydrogen-bond acceptors (Lipinski definition) is 5. The Kier molecular flexibility index (Phi) is 5.09. The molecule has 0 atom stereocenters. The molecular formula is C19H19N3O3. The van der Waals surface area contributed by atoms with Crippen LogP contribution < -0.4 is 4.74 Å². The Morgan fingerprint density at radius 1 is 1.16 bits per heavy atom. The summed E-state index contributed by atoms with van der Waals surface area (Å²) in [6.07, 6.45) is 1.28. The molecule has 0 aliphatic heterocycles. The van der Waals surface area contributed by atoms with Crippen LogP contribution in [0.3, 0.4) is 0 Å². The lowest BCUT2D eigenvalue weighted by Crippen LogP contribution is -2.31. The van der Waals surface area contributed by atoms with Crippen molar-refractivity contribution in [1.29, 1.82) is 0 Å². The number of amides is 1. The van der Waals surface area contributed by atoms with Crippen molar-refractivity contribution in [1.82, 2.24) is 15.1 Å². The number of carbonyl (C=O) groups excluding carboxylic acids is 1. The number of likely N-dealkylation sites (N-methyl/N-ethyl adjacent to an activating group) is 1. The van der Waals surface area contributed by atoms with Crippen molar-refractivity contribution in [2.75, 3.05) is 13.7 Å². The lowest BCUT2D eigenvalue weighted by Gasteiger charge is -2.18. The second-order valence-corrected chi connectivity index (χ2v) is 5.73. The van der Waals surface area contributed by atoms with Gasteiger partial charge in [0.15, 0.2) is 6.61 Å². The number of aromatic nitrogens is 2. The number of hydrogen-bond donors (Lipinski definition) is 0. The molecule has 128 valence electrons. The molecular weight excluding hydrogens is 318 g/mol. The van der Waals surface area contributed by atoms with Gasteiger partial charge in [0.2, 0.25) is 12.3 Å². The summed E-state index contributed by atoms with van der Waals surface area (Å²) in [6.45, 7) is 2.59. The lowest BCUT2D eigenvalue weighted by molar-refractivity contribution is -0.132. The van der Waals surface area contributed by atoms with Crippen molar-refractivity contribution in [2.24, 2.45) is 0 Å². The van der Waals surface area contributed by atoms with E-state index in [1.165, 1.54) is 12.0 Å². The zero-order valence-electron chi connectivity index (χ0n) is 14.2. The minimum atomic E-state index is -0.0794. The van der Waals surface area contributed by atoms with Crippen LogP contribution in [0.1, 0.15) is 11.1 Å². The van der Waals surface area contributed by atoms with Gasteiger partial charge >= 0.3 is 0 Å². The minimum absolute atomic E-state index is 0.0116. The molecule has 1 heterocycles. The van der Waals surface area contributed by atoms with E-state index in [1.807, 2.05) is 43.3 Å². The molecule has 0 saturated carbocycles. The molecule has 25 heavy (non-hydrogen) atoms. The van der Waals surface area contributed by atoms with Gasteiger partial charge in [-0.1, -0.05) is 24.3 Å². The van der Waals surface area contributed by atoms with E-state index >= 15 is 0 Å². The van der Waals surface area contributed by atoms with Crippen LogP contribution in [-0.2, 0) is 11.3 Å². The smallest absolute Gasteiger partial charge is 0.260 e. The second-order valence-electron chi connectivity index (χ2n) is 5.73. The maximum absolute atomic E-state index is 12.3. The van der Waals surface area contributed by atoms with Crippen molar-refractivity contribution < 1.29 is 13.9 Å². The quantitative estimate of drug-likeness (QED) is 0.691. The zero-order valence-corrected chi connectivity index (χ0v) is 14.2. The SMILES string of the molecule is Cc1ccccc1CN(C)C(=O)COc1ccc(-c2nnco2)cc1. The van der Waals surface area contributed by atoms with Gasteiger partial charge in [-0.05, 0) is 42.3 Å². The molecule has 2 aromatic carbocycles. The van der Waals surface area contributed by atoms with Crippen LogP contribution in [0, 0.1) is 6.92 Å². The first-order valence-corrected chi connectivity index (χ1v) is 7.91. The Morgan fingerprint density at radius 2 is 1.92 bits per heavy atom. The molecule has 0 aliphatic rings. The molecule has 0 aliphatic carbocycles. The van der Waals surface area contributed by atoms with Gasteiger partial charge in [0, 0.05) is 19.2 Å². The zero-order chi connectivity index (χ0) is 17.6. The van der Waals surface area contributed by atoms with Gasteiger partial charge in [-0.25, -0.2) is 0 Å². The average Bonchev–Trinajstić information content (AvgIpc) is 3.16. The fourth-order valence-electron chi connectivity index (χ4n) is 2.38. The first-order valence-electron chi connectivity index (χ1n) is 7.91. The number of nitrogens with zero attached hydrogens (tertiary/aromatic N) is 3. The molecule has 0 N–H and O–H groups in total. The van der Waals surface area contributed by atoms with Crippen molar-refractivity contribution in [3.63, 3.8) is 0 Å². The monoisotopic (exact) mass is 337 g/mol. The van der Waals surface area contributed by atoms with Gasteiger partial charge in [-0.3, -0.25) is 4.79 Å². The highest BCUT2D eigenvalue weighted by Crippen LogP contribution is 2.20. The summed E-state index contributed by atoms with van der Waals surface area (Å²) in [6, 6.07) is 15.2. The summed E-state index contributed by atoms with van der Waals surface area (Å²) in [5.41, 5.74) is 3.09. The topological polar surface area (TPSA) is 68.5 Å². The van der Waals surface area contributed by atoms with Gasteiger partial charge < -0.3 is 14.1 Å². The van der Waals surface area contributed by atoms with E-state index in [1.54, 1.807) is 24.1 Å². The van der Waals surface area contributed by atoms with Crippen molar-refractivity contribution in [3.8, 4) is 17.2 Å². The molecule has 3 aromatic rings. The molecule has 0 fully saturated rings. The van der Waals surface area contributed by atoms with E-state index < -0.39 is 0 Å². The molecule has 1 amide bonds. The van der Waals surface area contributed by atoms with E-state index in [4.69, 9.17) is 9.15 Å². The molecule has 0 unspecified atom stereocenters. The summed E-state index contributed by atoms with van der Waals surface area (Å²) in [5, 5.41) is 7.48. The normalized spacial score (nSPS) is 10.5. The fourth-order valence-corrected chi connectivity index (χ4v) is 2.38. The van der Waals surface area contributed by atoms with E-state index in [0.717, 1.165) is 11.1 Å². The first-order chi connectivity index (χ1) is 12.1. The third-order valence-corrected chi connectivity index (χ3v) is 3.92. The third kappa shape index (κ3) is 4.23. The molecule has 0 spiro atoms. The number of rotatable bonds is 6. The maximum atomic E-state index is 12.3. The number of carbonyl (C=O) groups is 1. The number of benzene rings is 2. The Labute approximate surface area is 146 Å². The van der Waals surface area contributed by atoms with Crippen LogP contribution in [0.15, 0.2) is 59.3 Å². The van der Waals surface area contributed by atoms with E-state index in [2.05, 4.69) is 10.2 Å². The highest BCUT2D eigenvalue weighted by Gasteiger charge is 2.11. The predicted molar refractivity (Wildman–Crippen MR) is 92.9 cm³/mol. The summed E-state index contributed by atoms with van der Waals surface area (Å²) in [4.78, 5) is 13.9. The third-order valence-electron chi connectivity index (χ3n) is 3.92. The molecule has 0 saturated heterocycles. The second kappa shape index (κ2) is 7.61. The summed E-state index contributed by atoms with van der Waals surface area (Å²) in [5.74, 6) is 0.978. The molecule has 6 nitrogen and oxygen atoms in total. The van der Waals surface area contributed by atoms with Gasteiger partial charge in [0.05, 0.1) is 0 Å². The Balaban J connectivity index is 1.54. The number of ether oxygens (including phenoxy) is 1. The predicted octanol–water partition coefficient (Wildman–Crippen LogP) is 3.08. The Bertz CT molecular complexity index is 829. The summed E-state index contributed by atoms with van der Waals surface area (Å²) < 4.78 is 10.7. The van der Waals surface area contributed by atoms with Crippen LogP contribution in [0.2, 0.25) is 0 Å². The highest BCUT2D eigenvalue weighted by atomic mass is 16.5. The van der Waals surface area contributed by atoms with Crippen LogP contribution in [0.5, 0.6) is 5.75 Å². The van der Waals surface area contributed by atoms with Crippen LogP contribution in [0.25, 0.3) is 11.5 Å². The standard InChI is InChI=1S/C19H19N3O3/c1-14-5-3-4-6-16(14)11-22(2)18(23)12-24-17-9-7-15(8-10-17)19-21-20-13-25-19/h3-10,13H,11-12H2,1-2H3. The maximum Gasteiger partial charge on any atom is 0.260 e. The fraction of sp³-hybridized carbons (Fsp3) is 0.211. The van der Waals surface area contributed by atoms with Gasteiger partial charge in [0.25, 0.3) is 5.91 Å². The van der Waals surface area contributed by atoms with Crippen molar-refractivity contribution in [2.45, 2.75) is 13.5 Å². The van der Waals surface area contributed by atoms with E-state index in [9.17, 15) is 4.79 Å². The molecule has 1 aromatic heterocycles.